The lowest BCUT2D eigenvalue weighted by atomic mass is 9.91. The number of rotatable bonds is 5. The van der Waals surface area contributed by atoms with E-state index in [1.807, 2.05) is 6.07 Å². The molecule has 0 amide bonds. The molecule has 2 aliphatic carbocycles. The molecule has 0 radical (unpaired) electrons. The van der Waals surface area contributed by atoms with E-state index in [1.165, 1.54) is 59.9 Å². The molecule has 1 aliphatic heterocycles. The van der Waals surface area contributed by atoms with Crippen LogP contribution in [0.15, 0.2) is 30.8 Å². The predicted molar refractivity (Wildman–Crippen MR) is 137 cm³/mol. The van der Waals surface area contributed by atoms with Crippen molar-refractivity contribution in [2.24, 2.45) is 5.92 Å². The first kappa shape index (κ1) is 24.3. The standard InChI is InChI=1S/C20H16O2.C9H20.CH4/c1-11-8-9-22-20-14(11)4-2-13-10-12-3-5-15-16(6-7-17(15)21)18(12)19(13)20;1-4-7-9(6-3)8-5-2;/h2-5H,1,6-10H2;9H,4-8H2,1-3H3;1H4. The van der Waals surface area contributed by atoms with Crippen LogP contribution in [-0.4, -0.2) is 12.4 Å². The zero-order chi connectivity index (χ0) is 22.0. The number of hydrogen-bond donors (Lipinski definition) is 0. The van der Waals surface area contributed by atoms with Crippen molar-refractivity contribution in [2.75, 3.05) is 6.61 Å². The van der Waals surface area contributed by atoms with Crippen molar-refractivity contribution < 1.29 is 9.53 Å². The van der Waals surface area contributed by atoms with Gasteiger partial charge in [-0.15, -0.1) is 0 Å². The van der Waals surface area contributed by atoms with Crippen molar-refractivity contribution in [1.29, 1.82) is 0 Å². The highest BCUT2D eigenvalue weighted by atomic mass is 16.5. The van der Waals surface area contributed by atoms with Crippen molar-refractivity contribution in [1.82, 2.24) is 0 Å². The molecule has 1 heterocycles. The molecule has 0 aromatic heterocycles. The van der Waals surface area contributed by atoms with Gasteiger partial charge >= 0.3 is 0 Å². The molecule has 0 saturated carbocycles. The zero-order valence-electron chi connectivity index (χ0n) is 19.5. The van der Waals surface area contributed by atoms with Gasteiger partial charge in [0.25, 0.3) is 0 Å². The van der Waals surface area contributed by atoms with Gasteiger partial charge < -0.3 is 4.74 Å². The number of carbonyl (C=O) groups is 1. The zero-order valence-corrected chi connectivity index (χ0v) is 19.5. The Hall–Kier alpha value is -2.35. The number of ether oxygens (including phenoxy) is 1. The number of hydrogen-bond acceptors (Lipinski definition) is 2. The Morgan fingerprint density at radius 3 is 2.22 bits per heavy atom. The molecule has 0 N–H and O–H groups in total. The van der Waals surface area contributed by atoms with E-state index < -0.39 is 0 Å². The maximum atomic E-state index is 12.1. The second kappa shape index (κ2) is 10.5. The number of fused-ring (bicyclic) bond motifs is 7. The first-order chi connectivity index (χ1) is 15.1. The Labute approximate surface area is 195 Å². The van der Waals surface area contributed by atoms with Gasteiger partial charge in [0.15, 0.2) is 5.78 Å². The highest BCUT2D eigenvalue weighted by Crippen LogP contribution is 2.50. The summed E-state index contributed by atoms with van der Waals surface area (Å²) in [4.78, 5) is 12.1. The van der Waals surface area contributed by atoms with Crippen molar-refractivity contribution in [3.8, 4) is 16.9 Å². The highest BCUT2D eigenvalue weighted by molar-refractivity contribution is 6.04. The summed E-state index contributed by atoms with van der Waals surface area (Å²) in [6.45, 7) is 11.7. The summed E-state index contributed by atoms with van der Waals surface area (Å²) < 4.78 is 6.03. The molecule has 5 rings (SSSR count). The fourth-order valence-corrected chi connectivity index (χ4v) is 5.51. The Kier molecular flexibility index (Phi) is 7.98. The Morgan fingerprint density at radius 1 is 0.906 bits per heavy atom. The lowest BCUT2D eigenvalue weighted by Crippen LogP contribution is -2.08. The van der Waals surface area contributed by atoms with E-state index in [1.54, 1.807) is 0 Å². The molecule has 172 valence electrons. The van der Waals surface area contributed by atoms with E-state index in [9.17, 15) is 4.79 Å². The van der Waals surface area contributed by atoms with Gasteiger partial charge in [-0.05, 0) is 46.6 Å². The number of ketones is 1. The van der Waals surface area contributed by atoms with Crippen LogP contribution < -0.4 is 4.74 Å². The van der Waals surface area contributed by atoms with Crippen LogP contribution in [0, 0.1) is 5.92 Å². The Bertz CT molecular complexity index is 992. The molecular weight excluding hydrogens is 392 g/mol. The van der Waals surface area contributed by atoms with E-state index in [0.717, 1.165) is 47.6 Å². The fraction of sp³-hybridized carbons (Fsp3) is 0.500. The Balaban J connectivity index is 0.000000251. The third kappa shape index (κ3) is 4.42. The van der Waals surface area contributed by atoms with Crippen LogP contribution >= 0.6 is 0 Å². The second-order valence-electron chi connectivity index (χ2n) is 9.26. The SMILES string of the molecule is C.C=C1CCOc2c1ccc1c2-c2c(ccc3c2CCC3=O)C1.CCCC(CC)CCC. The largest absolute Gasteiger partial charge is 0.492 e. The van der Waals surface area contributed by atoms with Crippen molar-refractivity contribution >= 4 is 11.4 Å². The lowest BCUT2D eigenvalue weighted by Gasteiger charge is -2.23. The van der Waals surface area contributed by atoms with Crippen LogP contribution in [0.3, 0.4) is 0 Å². The van der Waals surface area contributed by atoms with Crippen LogP contribution in [0.2, 0.25) is 0 Å². The molecular formula is C30H40O2. The van der Waals surface area contributed by atoms with Crippen molar-refractivity contribution in [2.45, 2.75) is 86.0 Å². The van der Waals surface area contributed by atoms with Gasteiger partial charge in [0.1, 0.15) is 5.75 Å². The number of Topliss-reactive ketones (excluding diaryl/α,β-unsaturated/α-hetero) is 1. The molecule has 0 spiro atoms. The van der Waals surface area contributed by atoms with Crippen molar-refractivity contribution in [3.05, 3.63) is 58.7 Å². The minimum atomic E-state index is 0. The molecule has 2 heteroatoms. The maximum absolute atomic E-state index is 12.1. The van der Waals surface area contributed by atoms with Gasteiger partial charge in [-0.1, -0.05) is 91.1 Å². The first-order valence-electron chi connectivity index (χ1n) is 12.2. The molecule has 0 unspecified atom stereocenters. The molecule has 2 nitrogen and oxygen atoms in total. The van der Waals surface area contributed by atoms with Gasteiger partial charge in [-0.2, -0.15) is 0 Å². The molecule has 0 bridgehead atoms. The summed E-state index contributed by atoms with van der Waals surface area (Å²) in [6.07, 6.45) is 10.3. The third-order valence-electron chi connectivity index (χ3n) is 7.18. The highest BCUT2D eigenvalue weighted by Gasteiger charge is 2.32. The first-order valence-corrected chi connectivity index (χ1v) is 12.2. The van der Waals surface area contributed by atoms with Gasteiger partial charge in [-0.25, -0.2) is 0 Å². The second-order valence-corrected chi connectivity index (χ2v) is 9.26. The summed E-state index contributed by atoms with van der Waals surface area (Å²) in [5, 5.41) is 0. The van der Waals surface area contributed by atoms with Crippen LogP contribution in [-0.2, 0) is 12.8 Å². The number of benzene rings is 2. The minimum Gasteiger partial charge on any atom is -0.492 e. The van der Waals surface area contributed by atoms with Crippen LogP contribution in [0.25, 0.3) is 16.7 Å². The number of carbonyl (C=O) groups excluding carboxylic acids is 1. The van der Waals surface area contributed by atoms with E-state index in [2.05, 4.69) is 45.5 Å². The average Bonchev–Trinajstić information content (AvgIpc) is 3.34. The van der Waals surface area contributed by atoms with Crippen LogP contribution in [0.5, 0.6) is 5.75 Å². The maximum Gasteiger partial charge on any atom is 0.163 e. The predicted octanol–water partition coefficient (Wildman–Crippen LogP) is 8.43. The van der Waals surface area contributed by atoms with Gasteiger partial charge in [0.2, 0.25) is 0 Å². The lowest BCUT2D eigenvalue weighted by molar-refractivity contribution is 0.0994. The summed E-state index contributed by atoms with van der Waals surface area (Å²) in [5.41, 5.74) is 9.58. The third-order valence-corrected chi connectivity index (χ3v) is 7.18. The Morgan fingerprint density at radius 2 is 1.56 bits per heavy atom. The van der Waals surface area contributed by atoms with E-state index in [-0.39, 0.29) is 13.2 Å². The molecule has 32 heavy (non-hydrogen) atoms. The summed E-state index contributed by atoms with van der Waals surface area (Å²) in [5.74, 6) is 2.28. The molecule has 3 aliphatic rings. The van der Waals surface area contributed by atoms with Gasteiger partial charge in [-0.3, -0.25) is 4.79 Å². The summed E-state index contributed by atoms with van der Waals surface area (Å²) in [6, 6.07) is 8.49. The molecule has 2 aromatic carbocycles. The molecule has 0 saturated heterocycles. The smallest absolute Gasteiger partial charge is 0.163 e. The monoisotopic (exact) mass is 432 g/mol. The molecule has 0 atom stereocenters. The van der Waals surface area contributed by atoms with Crippen LogP contribution in [0.1, 0.15) is 106 Å². The van der Waals surface area contributed by atoms with E-state index in [0.29, 0.717) is 13.0 Å². The van der Waals surface area contributed by atoms with Crippen molar-refractivity contribution in [3.63, 3.8) is 0 Å². The summed E-state index contributed by atoms with van der Waals surface area (Å²) in [7, 11) is 0. The van der Waals surface area contributed by atoms with E-state index >= 15 is 0 Å². The summed E-state index contributed by atoms with van der Waals surface area (Å²) >= 11 is 0. The van der Waals surface area contributed by atoms with Gasteiger partial charge in [0, 0.05) is 29.5 Å². The molecule has 2 aromatic rings. The quantitative estimate of drug-likeness (QED) is 0.404. The average molecular weight is 433 g/mol. The normalized spacial score (nSPS) is 15.1. The van der Waals surface area contributed by atoms with E-state index in [4.69, 9.17) is 4.74 Å². The van der Waals surface area contributed by atoms with Gasteiger partial charge in [0.05, 0.1) is 6.61 Å². The minimum absolute atomic E-state index is 0. The molecule has 0 fully saturated rings. The van der Waals surface area contributed by atoms with Crippen LogP contribution in [0.4, 0.5) is 0 Å². The fourth-order valence-electron chi connectivity index (χ4n) is 5.51. The topological polar surface area (TPSA) is 26.3 Å².